The summed E-state index contributed by atoms with van der Waals surface area (Å²) in [4.78, 5) is 16.6. The molecule has 5 rings (SSSR count). The lowest BCUT2D eigenvalue weighted by Gasteiger charge is -2.25. The second-order valence-corrected chi connectivity index (χ2v) is 8.99. The van der Waals surface area contributed by atoms with Gasteiger partial charge in [-0.25, -0.2) is 5.01 Å². The number of hydrazone groups is 1. The molecule has 0 spiro atoms. The molecule has 35 heavy (non-hydrogen) atoms. The number of hydrogen-bond donors (Lipinski definition) is 2. The summed E-state index contributed by atoms with van der Waals surface area (Å²) in [6.07, 6.45) is 0.469. The number of thiocarbonyl (C=S) groups is 1. The van der Waals surface area contributed by atoms with Crippen molar-refractivity contribution in [2.75, 3.05) is 14.2 Å². The summed E-state index contributed by atoms with van der Waals surface area (Å²) in [5.74, 6) is 0.736. The highest BCUT2D eigenvalue weighted by Crippen LogP contribution is 2.39. The zero-order chi connectivity index (χ0) is 24.5. The minimum Gasteiger partial charge on any atom is -0.496 e. The fraction of sp³-hybridized carbons (Fsp3) is 0.148. The van der Waals surface area contributed by atoms with Crippen LogP contribution in [0.5, 0.6) is 5.75 Å². The van der Waals surface area contributed by atoms with Crippen LogP contribution in [0.25, 0.3) is 22.0 Å². The summed E-state index contributed by atoms with van der Waals surface area (Å²) in [6.45, 7) is 0. The number of rotatable bonds is 4. The molecule has 1 aliphatic heterocycles. The molecule has 0 radical (unpaired) electrons. The van der Waals surface area contributed by atoms with E-state index >= 15 is 0 Å². The van der Waals surface area contributed by atoms with Crippen LogP contribution in [0, 0.1) is 0 Å². The molecule has 8 heteroatoms. The van der Waals surface area contributed by atoms with E-state index < -0.39 is 0 Å². The lowest BCUT2D eigenvalue weighted by Crippen LogP contribution is -2.34. The van der Waals surface area contributed by atoms with Crippen LogP contribution in [-0.4, -0.2) is 35.0 Å². The van der Waals surface area contributed by atoms with Gasteiger partial charge in [0.25, 0.3) is 5.56 Å². The molecule has 0 amide bonds. The van der Waals surface area contributed by atoms with Crippen molar-refractivity contribution in [3.05, 3.63) is 99.3 Å². The molecule has 2 N–H and O–H groups in total. The fourth-order valence-corrected chi connectivity index (χ4v) is 4.93. The molecule has 0 unspecified atom stereocenters. The third-order valence-corrected chi connectivity index (χ3v) is 6.78. The van der Waals surface area contributed by atoms with Crippen LogP contribution in [0.15, 0.2) is 82.7 Å². The average molecular weight is 503 g/mol. The Labute approximate surface area is 213 Å². The number of pyridine rings is 1. The number of hydrogen-bond acceptors (Lipinski definition) is 4. The Bertz CT molecular complexity index is 1520. The zero-order valence-electron chi connectivity index (χ0n) is 19.2. The predicted molar refractivity (Wildman–Crippen MR) is 145 cm³/mol. The summed E-state index contributed by atoms with van der Waals surface area (Å²) in [5, 5.41) is 11.5. The van der Waals surface area contributed by atoms with E-state index in [9.17, 15) is 4.79 Å². The van der Waals surface area contributed by atoms with Crippen LogP contribution in [0.4, 0.5) is 0 Å². The second kappa shape index (κ2) is 9.52. The zero-order valence-corrected chi connectivity index (χ0v) is 20.8. The molecule has 2 heterocycles. The normalized spacial score (nSPS) is 15.2. The summed E-state index contributed by atoms with van der Waals surface area (Å²) in [7, 11) is 3.40. The van der Waals surface area contributed by atoms with Gasteiger partial charge in [0.15, 0.2) is 5.11 Å². The number of para-hydroxylation sites is 1. The first-order chi connectivity index (χ1) is 17.0. The van der Waals surface area contributed by atoms with E-state index in [-0.39, 0.29) is 11.6 Å². The van der Waals surface area contributed by atoms with E-state index in [1.54, 1.807) is 25.2 Å². The first-order valence-corrected chi connectivity index (χ1v) is 11.9. The molecule has 1 aromatic heterocycles. The minimum absolute atomic E-state index is 0.214. The van der Waals surface area contributed by atoms with E-state index in [2.05, 4.69) is 10.3 Å². The van der Waals surface area contributed by atoms with Gasteiger partial charge in [-0.2, -0.15) is 5.10 Å². The molecule has 4 aromatic rings. The second-order valence-electron chi connectivity index (χ2n) is 8.17. The van der Waals surface area contributed by atoms with E-state index in [0.29, 0.717) is 33.3 Å². The van der Waals surface area contributed by atoms with Crippen molar-refractivity contribution < 1.29 is 4.74 Å². The topological polar surface area (TPSA) is 69.7 Å². The molecular formula is C27H23ClN4O2S. The Balaban J connectivity index is 1.75. The van der Waals surface area contributed by atoms with E-state index in [1.165, 1.54) is 0 Å². The van der Waals surface area contributed by atoms with Gasteiger partial charge in [0.2, 0.25) is 0 Å². The SMILES string of the molecule is CNC(=S)N1N=C(c2c(-c3ccccc3)c3cc(Cl)ccc3[nH]c2=O)C[C@@H]1c1ccccc1OC. The van der Waals surface area contributed by atoms with E-state index in [0.717, 1.165) is 27.8 Å². The molecule has 6 nitrogen and oxygen atoms in total. The Hall–Kier alpha value is -3.68. The van der Waals surface area contributed by atoms with E-state index in [4.69, 9.17) is 33.7 Å². The molecule has 0 bridgehead atoms. The van der Waals surface area contributed by atoms with Crippen molar-refractivity contribution in [2.45, 2.75) is 12.5 Å². The maximum absolute atomic E-state index is 13.6. The maximum atomic E-state index is 13.6. The number of methoxy groups -OCH3 is 1. The number of nitrogens with zero attached hydrogens (tertiary/aromatic N) is 2. The number of benzene rings is 3. The Morgan fingerprint density at radius 3 is 2.60 bits per heavy atom. The van der Waals surface area contributed by atoms with Crippen molar-refractivity contribution in [1.82, 2.24) is 15.3 Å². The first-order valence-electron chi connectivity index (χ1n) is 11.1. The third-order valence-electron chi connectivity index (χ3n) is 6.16. The summed E-state index contributed by atoms with van der Waals surface area (Å²) in [5.41, 5.74) is 4.28. The summed E-state index contributed by atoms with van der Waals surface area (Å²) < 4.78 is 5.62. The lowest BCUT2D eigenvalue weighted by atomic mass is 9.91. The Kier molecular flexibility index (Phi) is 6.28. The van der Waals surface area contributed by atoms with Crippen molar-refractivity contribution >= 4 is 45.5 Å². The Morgan fingerprint density at radius 2 is 1.86 bits per heavy atom. The van der Waals surface area contributed by atoms with Gasteiger partial charge in [-0.3, -0.25) is 4.79 Å². The highest BCUT2D eigenvalue weighted by molar-refractivity contribution is 7.80. The van der Waals surface area contributed by atoms with Gasteiger partial charge >= 0.3 is 0 Å². The molecule has 0 aliphatic carbocycles. The smallest absolute Gasteiger partial charge is 0.258 e. The van der Waals surface area contributed by atoms with Gasteiger partial charge in [0, 0.05) is 40.5 Å². The highest BCUT2D eigenvalue weighted by atomic mass is 35.5. The Morgan fingerprint density at radius 1 is 1.11 bits per heavy atom. The van der Waals surface area contributed by atoms with Crippen LogP contribution in [0.3, 0.4) is 0 Å². The maximum Gasteiger partial charge on any atom is 0.258 e. The van der Waals surface area contributed by atoms with E-state index in [1.807, 2.05) is 66.7 Å². The average Bonchev–Trinajstić information content (AvgIpc) is 3.33. The molecule has 0 fully saturated rings. The predicted octanol–water partition coefficient (Wildman–Crippen LogP) is 5.51. The van der Waals surface area contributed by atoms with Crippen molar-refractivity contribution in [2.24, 2.45) is 5.10 Å². The summed E-state index contributed by atoms with van der Waals surface area (Å²) in [6, 6.07) is 22.8. The molecule has 1 atom stereocenters. The van der Waals surface area contributed by atoms with Gasteiger partial charge < -0.3 is 15.0 Å². The molecule has 3 aromatic carbocycles. The van der Waals surface area contributed by atoms with Gasteiger partial charge in [-0.05, 0) is 42.0 Å². The largest absolute Gasteiger partial charge is 0.496 e. The van der Waals surface area contributed by atoms with Gasteiger partial charge in [-0.15, -0.1) is 0 Å². The van der Waals surface area contributed by atoms with Gasteiger partial charge in [0.05, 0.1) is 24.4 Å². The summed E-state index contributed by atoms with van der Waals surface area (Å²) >= 11 is 12.0. The monoisotopic (exact) mass is 502 g/mol. The molecule has 1 aliphatic rings. The van der Waals surface area contributed by atoms with Gasteiger partial charge in [-0.1, -0.05) is 60.1 Å². The van der Waals surface area contributed by atoms with Gasteiger partial charge in [0.1, 0.15) is 5.75 Å². The number of ether oxygens (including phenoxy) is 1. The minimum atomic E-state index is -0.237. The van der Waals surface area contributed by atoms with Crippen LogP contribution >= 0.6 is 23.8 Å². The molecule has 0 saturated carbocycles. The van der Waals surface area contributed by atoms with Crippen LogP contribution < -0.4 is 15.6 Å². The number of aromatic amines is 1. The number of H-pyrrole nitrogens is 1. The molecular weight excluding hydrogens is 480 g/mol. The lowest BCUT2D eigenvalue weighted by molar-refractivity contribution is 0.344. The van der Waals surface area contributed by atoms with Crippen LogP contribution in [-0.2, 0) is 0 Å². The van der Waals surface area contributed by atoms with Crippen LogP contribution in [0.1, 0.15) is 23.6 Å². The van der Waals surface area contributed by atoms with Crippen LogP contribution in [0.2, 0.25) is 5.02 Å². The fourth-order valence-electron chi connectivity index (χ4n) is 4.59. The number of aromatic nitrogens is 1. The molecule has 0 saturated heterocycles. The van der Waals surface area contributed by atoms with Crippen molar-refractivity contribution in [1.29, 1.82) is 0 Å². The molecule has 176 valence electrons. The number of halogens is 1. The highest BCUT2D eigenvalue weighted by Gasteiger charge is 2.35. The van der Waals surface area contributed by atoms with Crippen molar-refractivity contribution in [3.63, 3.8) is 0 Å². The quantitative estimate of drug-likeness (QED) is 0.360. The number of fused-ring (bicyclic) bond motifs is 1. The third kappa shape index (κ3) is 4.17. The van der Waals surface area contributed by atoms with Crippen molar-refractivity contribution in [3.8, 4) is 16.9 Å². The first kappa shape index (κ1) is 23.1. The standard InChI is InChI=1S/C27H23ClN4O2S/c1-29-27(35)32-22(18-10-6-7-11-23(18)34-2)15-21(31-32)25-24(16-8-4-3-5-9-16)19-14-17(28)12-13-20(19)30-26(25)33/h3-14,22H,15H2,1-2H3,(H,29,35)(H,30,33)/t22-/m1/s1. The number of nitrogens with one attached hydrogen (secondary N) is 2.